The van der Waals surface area contributed by atoms with Gasteiger partial charge in [-0.05, 0) is 29.8 Å². The summed E-state index contributed by atoms with van der Waals surface area (Å²) in [5, 5.41) is 5.48. The van der Waals surface area contributed by atoms with E-state index in [-0.39, 0.29) is 13.0 Å². The highest BCUT2D eigenvalue weighted by molar-refractivity contribution is 7.13. The second-order valence-electron chi connectivity index (χ2n) is 7.81. The maximum absolute atomic E-state index is 13.3. The zero-order valence-electron chi connectivity index (χ0n) is 18.0. The van der Waals surface area contributed by atoms with E-state index in [4.69, 9.17) is 0 Å². The fourth-order valence-corrected chi connectivity index (χ4v) is 4.72. The second-order valence-corrected chi connectivity index (χ2v) is 8.67. The van der Waals surface area contributed by atoms with Crippen LogP contribution in [0.1, 0.15) is 32.0 Å². The molecule has 4 aromatic rings. The minimum absolute atomic E-state index is 0.177. The summed E-state index contributed by atoms with van der Waals surface area (Å²) in [6, 6.07) is 20.6. The Hall–Kier alpha value is -4.17. The van der Waals surface area contributed by atoms with Crippen molar-refractivity contribution in [3.63, 3.8) is 0 Å². The summed E-state index contributed by atoms with van der Waals surface area (Å²) in [6.45, 7) is 0.177. The maximum atomic E-state index is 13.3. The third kappa shape index (κ3) is 4.23. The Morgan fingerprint density at radius 1 is 0.912 bits per heavy atom. The Balaban J connectivity index is 1.37. The SMILES string of the molecule is O=C(NCc1csc(-c2ccccn2)n1)C(Cc1ccccc1)N1C(=O)c2ccccc2C1=O. The molecule has 7 nitrogen and oxygen atoms in total. The van der Waals surface area contributed by atoms with Gasteiger partial charge in [-0.2, -0.15) is 0 Å². The van der Waals surface area contributed by atoms with Crippen molar-refractivity contribution in [2.45, 2.75) is 19.0 Å². The lowest BCUT2D eigenvalue weighted by atomic mass is 10.0. The van der Waals surface area contributed by atoms with E-state index in [2.05, 4.69) is 15.3 Å². The number of fused-ring (bicyclic) bond motifs is 1. The molecule has 1 unspecified atom stereocenters. The van der Waals surface area contributed by atoms with E-state index in [0.717, 1.165) is 21.2 Å². The predicted molar refractivity (Wildman–Crippen MR) is 128 cm³/mol. The van der Waals surface area contributed by atoms with Gasteiger partial charge in [-0.3, -0.25) is 24.3 Å². The van der Waals surface area contributed by atoms with Gasteiger partial charge in [-0.1, -0.05) is 48.5 Å². The van der Waals surface area contributed by atoms with Crippen LogP contribution in [0.5, 0.6) is 0 Å². The first-order valence-electron chi connectivity index (χ1n) is 10.8. The van der Waals surface area contributed by atoms with Crippen molar-refractivity contribution in [3.8, 4) is 10.7 Å². The largest absolute Gasteiger partial charge is 0.349 e. The number of nitrogens with zero attached hydrogens (tertiary/aromatic N) is 3. The van der Waals surface area contributed by atoms with Gasteiger partial charge in [0.1, 0.15) is 11.0 Å². The van der Waals surface area contributed by atoms with E-state index in [1.807, 2.05) is 53.9 Å². The van der Waals surface area contributed by atoms with Gasteiger partial charge in [-0.25, -0.2) is 4.98 Å². The molecule has 168 valence electrons. The molecule has 0 saturated heterocycles. The van der Waals surface area contributed by atoms with Gasteiger partial charge in [0.2, 0.25) is 5.91 Å². The van der Waals surface area contributed by atoms with Gasteiger partial charge in [0.05, 0.1) is 29.1 Å². The number of hydrogen-bond donors (Lipinski definition) is 1. The van der Waals surface area contributed by atoms with E-state index >= 15 is 0 Å². The highest BCUT2D eigenvalue weighted by atomic mass is 32.1. The summed E-state index contributed by atoms with van der Waals surface area (Å²) >= 11 is 1.44. The molecule has 0 saturated carbocycles. The third-order valence-electron chi connectivity index (χ3n) is 5.59. The zero-order valence-corrected chi connectivity index (χ0v) is 18.9. The minimum atomic E-state index is -0.983. The van der Waals surface area contributed by atoms with E-state index in [0.29, 0.717) is 16.8 Å². The topological polar surface area (TPSA) is 92.3 Å². The predicted octanol–water partition coefficient (Wildman–Crippen LogP) is 3.73. The number of pyridine rings is 1. The molecule has 8 heteroatoms. The summed E-state index contributed by atoms with van der Waals surface area (Å²) in [5.74, 6) is -1.32. The lowest BCUT2D eigenvalue weighted by Gasteiger charge is -2.25. The van der Waals surface area contributed by atoms with Gasteiger partial charge in [0.25, 0.3) is 11.8 Å². The van der Waals surface area contributed by atoms with Crippen LogP contribution < -0.4 is 5.32 Å². The molecule has 1 N–H and O–H groups in total. The van der Waals surface area contributed by atoms with Crippen LogP contribution in [0.25, 0.3) is 10.7 Å². The van der Waals surface area contributed by atoms with Gasteiger partial charge in [0, 0.05) is 18.0 Å². The number of aromatic nitrogens is 2. The molecule has 1 aliphatic heterocycles. The Labute approximate surface area is 200 Å². The monoisotopic (exact) mass is 468 g/mol. The Bertz CT molecular complexity index is 1320. The number of nitrogens with one attached hydrogen (secondary N) is 1. The molecule has 34 heavy (non-hydrogen) atoms. The van der Waals surface area contributed by atoms with Crippen LogP contribution >= 0.6 is 11.3 Å². The molecule has 5 rings (SSSR count). The molecule has 3 amide bonds. The molecule has 2 aromatic carbocycles. The Kier molecular flexibility index (Phi) is 5.97. The summed E-state index contributed by atoms with van der Waals surface area (Å²) < 4.78 is 0. The van der Waals surface area contributed by atoms with E-state index in [1.54, 1.807) is 30.5 Å². The number of amides is 3. The van der Waals surface area contributed by atoms with Crippen LogP contribution in [-0.4, -0.2) is 38.6 Å². The van der Waals surface area contributed by atoms with Crippen molar-refractivity contribution in [1.82, 2.24) is 20.2 Å². The van der Waals surface area contributed by atoms with Crippen molar-refractivity contribution >= 4 is 29.1 Å². The summed E-state index contributed by atoms with van der Waals surface area (Å²) in [6.07, 6.45) is 1.92. The number of carbonyl (C=O) groups excluding carboxylic acids is 3. The van der Waals surface area contributed by atoms with Crippen molar-refractivity contribution in [2.24, 2.45) is 0 Å². The van der Waals surface area contributed by atoms with Gasteiger partial charge in [0.15, 0.2) is 0 Å². The lowest BCUT2D eigenvalue weighted by Crippen LogP contribution is -2.50. The fraction of sp³-hybridized carbons (Fsp3) is 0.115. The molecule has 0 fully saturated rings. The zero-order chi connectivity index (χ0) is 23.5. The highest BCUT2D eigenvalue weighted by Gasteiger charge is 2.42. The van der Waals surface area contributed by atoms with Crippen molar-refractivity contribution in [3.05, 3.63) is 107 Å². The van der Waals surface area contributed by atoms with E-state index in [9.17, 15) is 14.4 Å². The molecule has 0 bridgehead atoms. The molecule has 3 heterocycles. The minimum Gasteiger partial charge on any atom is -0.349 e. The number of hydrogen-bond acceptors (Lipinski definition) is 6. The molecular formula is C26H20N4O3S. The van der Waals surface area contributed by atoms with Crippen molar-refractivity contribution in [2.75, 3.05) is 0 Å². The van der Waals surface area contributed by atoms with Crippen LogP contribution in [0.3, 0.4) is 0 Å². The molecule has 0 spiro atoms. The molecular weight excluding hydrogens is 448 g/mol. The van der Waals surface area contributed by atoms with Crippen LogP contribution in [0, 0.1) is 0 Å². The van der Waals surface area contributed by atoms with Crippen LogP contribution in [-0.2, 0) is 17.8 Å². The van der Waals surface area contributed by atoms with Crippen molar-refractivity contribution < 1.29 is 14.4 Å². The van der Waals surface area contributed by atoms with Gasteiger partial charge >= 0.3 is 0 Å². The summed E-state index contributed by atoms with van der Waals surface area (Å²) in [7, 11) is 0. The Morgan fingerprint density at radius 2 is 1.59 bits per heavy atom. The normalized spacial score (nSPS) is 13.6. The second kappa shape index (κ2) is 9.36. The van der Waals surface area contributed by atoms with Crippen LogP contribution in [0.2, 0.25) is 0 Å². The number of carbonyl (C=O) groups is 3. The van der Waals surface area contributed by atoms with Gasteiger partial charge in [-0.15, -0.1) is 11.3 Å². The Morgan fingerprint density at radius 3 is 2.26 bits per heavy atom. The van der Waals surface area contributed by atoms with Crippen LogP contribution in [0.15, 0.2) is 84.4 Å². The number of rotatable bonds is 7. The molecule has 2 aromatic heterocycles. The molecule has 1 aliphatic rings. The first-order chi connectivity index (χ1) is 16.6. The summed E-state index contributed by atoms with van der Waals surface area (Å²) in [5.41, 5.74) is 2.93. The third-order valence-corrected chi connectivity index (χ3v) is 6.50. The quantitative estimate of drug-likeness (QED) is 0.417. The smallest absolute Gasteiger partial charge is 0.262 e. The maximum Gasteiger partial charge on any atom is 0.262 e. The average Bonchev–Trinajstić information content (AvgIpc) is 3.46. The number of thiazole rings is 1. The number of imide groups is 1. The number of benzene rings is 2. The first kappa shape index (κ1) is 21.7. The van der Waals surface area contributed by atoms with E-state index < -0.39 is 23.8 Å². The molecule has 0 radical (unpaired) electrons. The molecule has 0 aliphatic carbocycles. The average molecular weight is 469 g/mol. The standard InChI is InChI=1S/C26H20N4O3S/c31-23(28-15-18-16-34-24(29-18)21-12-6-7-13-27-21)22(14-17-8-2-1-3-9-17)30-25(32)19-10-4-5-11-20(19)26(30)33/h1-13,16,22H,14-15H2,(H,28,31). The first-order valence-corrected chi connectivity index (χ1v) is 11.6. The molecule has 1 atom stereocenters. The van der Waals surface area contributed by atoms with E-state index in [1.165, 1.54) is 11.3 Å². The highest BCUT2D eigenvalue weighted by Crippen LogP contribution is 2.26. The fourth-order valence-electron chi connectivity index (χ4n) is 3.92. The lowest BCUT2D eigenvalue weighted by molar-refractivity contribution is -0.125. The van der Waals surface area contributed by atoms with Crippen molar-refractivity contribution in [1.29, 1.82) is 0 Å². The van der Waals surface area contributed by atoms with Gasteiger partial charge < -0.3 is 5.32 Å². The van der Waals surface area contributed by atoms with Crippen LogP contribution in [0.4, 0.5) is 0 Å². The summed E-state index contributed by atoms with van der Waals surface area (Å²) in [4.78, 5) is 49.4.